The highest BCUT2D eigenvalue weighted by Gasteiger charge is 2.15. The van der Waals surface area contributed by atoms with Crippen molar-refractivity contribution < 1.29 is 19.4 Å². The maximum atomic E-state index is 11.3. The lowest BCUT2D eigenvalue weighted by molar-refractivity contribution is -0.127. The van der Waals surface area contributed by atoms with Crippen LogP contribution in [0.4, 0.5) is 0 Å². The van der Waals surface area contributed by atoms with Gasteiger partial charge in [0.15, 0.2) is 0 Å². The average molecular weight is 259 g/mol. The summed E-state index contributed by atoms with van der Waals surface area (Å²) >= 11 is 0. The van der Waals surface area contributed by atoms with E-state index in [9.17, 15) is 9.59 Å². The smallest absolute Gasteiger partial charge is 0.248 e. The van der Waals surface area contributed by atoms with Crippen LogP contribution >= 0.6 is 0 Å². The second-order valence-corrected chi connectivity index (χ2v) is 4.29. The summed E-state index contributed by atoms with van der Waals surface area (Å²) in [4.78, 5) is 21.9. The maximum absolute atomic E-state index is 11.3. The molecule has 2 amide bonds. The van der Waals surface area contributed by atoms with Gasteiger partial charge in [-0.2, -0.15) is 0 Å². The zero-order chi connectivity index (χ0) is 13.4. The Labute approximate surface area is 106 Å². The molecular weight excluding hydrogens is 238 g/mol. The molecule has 1 heterocycles. The van der Waals surface area contributed by atoms with Crippen molar-refractivity contribution >= 4 is 11.8 Å². The number of nitrogens with one attached hydrogen (secondary N) is 2. The molecule has 0 bridgehead atoms. The van der Waals surface area contributed by atoms with Crippen LogP contribution in [0, 0.1) is 0 Å². The Morgan fingerprint density at radius 2 is 2.11 bits per heavy atom. The second kappa shape index (κ2) is 8.02. The van der Waals surface area contributed by atoms with Crippen molar-refractivity contribution in [3.05, 3.63) is 0 Å². The molecule has 0 aromatic heterocycles. The Morgan fingerprint density at radius 3 is 2.72 bits per heavy atom. The minimum Gasteiger partial charge on any atom is -0.381 e. The van der Waals surface area contributed by atoms with Gasteiger partial charge in [-0.1, -0.05) is 0 Å². The molecule has 1 aliphatic rings. The van der Waals surface area contributed by atoms with E-state index >= 15 is 0 Å². The summed E-state index contributed by atoms with van der Waals surface area (Å²) in [5, 5.41) is 14.7. The molecule has 0 aromatic rings. The van der Waals surface area contributed by atoms with Gasteiger partial charge in [-0.05, 0) is 25.9 Å². The highest BCUT2D eigenvalue weighted by atomic mass is 16.5. The van der Waals surface area contributed by atoms with Crippen molar-refractivity contribution in [3.63, 3.8) is 0 Å². The van der Waals surface area contributed by atoms with Crippen LogP contribution in [0.3, 0.4) is 0 Å². The summed E-state index contributed by atoms with van der Waals surface area (Å²) in [5.74, 6) is -1.11. The fourth-order valence-electron chi connectivity index (χ4n) is 1.68. The molecule has 0 radical (unpaired) electrons. The van der Waals surface area contributed by atoms with Crippen molar-refractivity contribution in [2.45, 2.75) is 31.5 Å². The predicted octanol–water partition coefficient (Wildman–Crippen LogP) is -1.89. The first-order chi connectivity index (χ1) is 8.59. The van der Waals surface area contributed by atoms with E-state index in [1.807, 2.05) is 0 Å². The number of nitrogens with two attached hydrogens (primary N) is 1. The molecule has 1 atom stereocenters. The first-order valence-electron chi connectivity index (χ1n) is 6.16. The van der Waals surface area contributed by atoms with Crippen LogP contribution in [0.25, 0.3) is 0 Å². The highest BCUT2D eigenvalue weighted by Crippen LogP contribution is 2.07. The Morgan fingerprint density at radius 1 is 1.44 bits per heavy atom. The third-order valence-corrected chi connectivity index (χ3v) is 2.79. The van der Waals surface area contributed by atoms with Crippen LogP contribution in [-0.4, -0.2) is 55.4 Å². The lowest BCUT2D eigenvalue weighted by Crippen LogP contribution is -2.40. The van der Waals surface area contributed by atoms with Crippen molar-refractivity contribution in [1.29, 1.82) is 0 Å². The van der Waals surface area contributed by atoms with E-state index in [1.165, 1.54) is 0 Å². The van der Waals surface area contributed by atoms with E-state index in [0.717, 1.165) is 25.9 Å². The van der Waals surface area contributed by atoms with Gasteiger partial charge in [-0.3, -0.25) is 9.59 Å². The van der Waals surface area contributed by atoms with E-state index in [4.69, 9.17) is 15.6 Å². The van der Waals surface area contributed by atoms with E-state index < -0.39 is 12.0 Å². The number of piperidine rings is 1. The zero-order valence-corrected chi connectivity index (χ0v) is 10.4. The molecule has 0 aromatic carbocycles. The van der Waals surface area contributed by atoms with Crippen LogP contribution in [0.2, 0.25) is 0 Å². The van der Waals surface area contributed by atoms with Gasteiger partial charge in [0.25, 0.3) is 0 Å². The number of carbonyl (C=O) groups is 2. The molecule has 1 rings (SSSR count). The number of rotatable bonds is 7. The molecule has 0 spiro atoms. The molecule has 1 unspecified atom stereocenters. The number of primary amides is 1. The summed E-state index contributed by atoms with van der Waals surface area (Å²) in [7, 11) is 0. The zero-order valence-electron chi connectivity index (χ0n) is 10.4. The van der Waals surface area contributed by atoms with E-state index in [2.05, 4.69) is 10.6 Å². The van der Waals surface area contributed by atoms with E-state index in [-0.39, 0.29) is 25.0 Å². The topological polar surface area (TPSA) is 114 Å². The van der Waals surface area contributed by atoms with Crippen molar-refractivity contribution in [2.75, 3.05) is 26.2 Å². The SMILES string of the molecule is NC(=O)C(O)CNC(=O)CCOC1CCNCC1. The number of amides is 2. The molecule has 7 heteroatoms. The molecule has 1 aliphatic heterocycles. The van der Waals surface area contributed by atoms with Gasteiger partial charge >= 0.3 is 0 Å². The van der Waals surface area contributed by atoms with Crippen LogP contribution < -0.4 is 16.4 Å². The van der Waals surface area contributed by atoms with Gasteiger partial charge in [-0.15, -0.1) is 0 Å². The summed E-state index contributed by atoms with van der Waals surface area (Å²) in [6.45, 7) is 2.09. The van der Waals surface area contributed by atoms with Gasteiger partial charge in [0.1, 0.15) is 6.10 Å². The quantitative estimate of drug-likeness (QED) is 0.427. The molecule has 1 fully saturated rings. The first kappa shape index (κ1) is 14.9. The third kappa shape index (κ3) is 5.95. The van der Waals surface area contributed by atoms with Crippen LogP contribution in [0.15, 0.2) is 0 Å². The lowest BCUT2D eigenvalue weighted by atomic mass is 10.1. The minimum atomic E-state index is -1.33. The normalized spacial score (nSPS) is 18.3. The minimum absolute atomic E-state index is 0.151. The second-order valence-electron chi connectivity index (χ2n) is 4.29. The van der Waals surface area contributed by atoms with Crippen molar-refractivity contribution in [3.8, 4) is 0 Å². The van der Waals surface area contributed by atoms with Crippen molar-refractivity contribution in [2.24, 2.45) is 5.73 Å². The number of carbonyl (C=O) groups excluding carboxylic acids is 2. The molecule has 0 aliphatic carbocycles. The third-order valence-electron chi connectivity index (χ3n) is 2.79. The molecule has 1 saturated heterocycles. The fraction of sp³-hybridized carbons (Fsp3) is 0.818. The van der Waals surface area contributed by atoms with Crippen molar-refractivity contribution in [1.82, 2.24) is 10.6 Å². The Bertz CT molecular complexity index is 279. The van der Waals surface area contributed by atoms with E-state index in [1.54, 1.807) is 0 Å². The predicted molar refractivity (Wildman–Crippen MR) is 64.7 cm³/mol. The Balaban J connectivity index is 2.04. The molecule has 104 valence electrons. The summed E-state index contributed by atoms with van der Waals surface area (Å²) in [6, 6.07) is 0. The summed E-state index contributed by atoms with van der Waals surface area (Å²) in [6.07, 6.45) is 1.02. The monoisotopic (exact) mass is 259 g/mol. The average Bonchev–Trinajstić information content (AvgIpc) is 2.37. The maximum Gasteiger partial charge on any atom is 0.248 e. The number of aliphatic hydroxyl groups is 1. The molecular formula is C11H21N3O4. The van der Waals surface area contributed by atoms with Gasteiger partial charge in [0.2, 0.25) is 11.8 Å². The van der Waals surface area contributed by atoms with Crippen LogP contribution in [-0.2, 0) is 14.3 Å². The standard InChI is InChI=1S/C11H21N3O4/c12-11(17)9(15)7-14-10(16)3-6-18-8-1-4-13-5-2-8/h8-9,13,15H,1-7H2,(H2,12,17)(H,14,16). The van der Waals surface area contributed by atoms with E-state index in [0.29, 0.717) is 6.61 Å². The molecule has 18 heavy (non-hydrogen) atoms. The first-order valence-corrected chi connectivity index (χ1v) is 6.16. The summed E-state index contributed by atoms with van der Waals surface area (Å²) < 4.78 is 5.55. The van der Waals surface area contributed by atoms with Gasteiger partial charge in [-0.25, -0.2) is 0 Å². The van der Waals surface area contributed by atoms with Crippen LogP contribution in [0.5, 0.6) is 0 Å². The Hall–Kier alpha value is -1.18. The molecule has 5 N–H and O–H groups in total. The van der Waals surface area contributed by atoms with Gasteiger partial charge < -0.3 is 26.2 Å². The Kier molecular flexibility index (Phi) is 6.63. The highest BCUT2D eigenvalue weighted by molar-refractivity contribution is 5.80. The largest absolute Gasteiger partial charge is 0.381 e. The molecule has 7 nitrogen and oxygen atoms in total. The number of hydrogen-bond donors (Lipinski definition) is 4. The summed E-state index contributed by atoms with van der Waals surface area (Å²) in [5.41, 5.74) is 4.85. The fourth-order valence-corrected chi connectivity index (χ4v) is 1.68. The number of hydrogen-bond acceptors (Lipinski definition) is 5. The molecule has 0 saturated carbocycles. The van der Waals surface area contributed by atoms with Gasteiger partial charge in [0, 0.05) is 6.42 Å². The van der Waals surface area contributed by atoms with Crippen LogP contribution in [0.1, 0.15) is 19.3 Å². The number of aliphatic hydroxyl groups excluding tert-OH is 1. The lowest BCUT2D eigenvalue weighted by Gasteiger charge is -2.22. The van der Waals surface area contributed by atoms with Gasteiger partial charge in [0.05, 0.1) is 19.3 Å². The number of ether oxygens (including phenoxy) is 1.